The number of anilines is 6. The van der Waals surface area contributed by atoms with E-state index in [0.29, 0.717) is 11.4 Å². The molecule has 0 aliphatic rings. The topological polar surface area (TPSA) is 15.8 Å². The van der Waals surface area contributed by atoms with Gasteiger partial charge in [0.2, 0.25) is 0 Å². The molecule has 0 bridgehead atoms. The average molecular weight is 791 g/mol. The van der Waals surface area contributed by atoms with Crippen molar-refractivity contribution in [2.75, 3.05) is 9.80 Å². The van der Waals surface area contributed by atoms with E-state index in [0.717, 1.165) is 83.1 Å². The van der Waals surface area contributed by atoms with Gasteiger partial charge in [0, 0.05) is 55.1 Å². The van der Waals surface area contributed by atoms with Crippen LogP contribution >= 0.6 is 0 Å². The molecule has 12 rings (SSSR count). The van der Waals surface area contributed by atoms with E-state index in [4.69, 9.17) is 0 Å². The van der Waals surface area contributed by atoms with E-state index in [1.165, 1.54) is 22.9 Å². The van der Waals surface area contributed by atoms with Crippen molar-refractivity contribution < 1.29 is 8.78 Å². The third-order valence-corrected chi connectivity index (χ3v) is 12.3. The molecule has 0 aliphatic carbocycles. The molecule has 0 saturated carbocycles. The Morgan fingerprint density at radius 2 is 0.852 bits per heavy atom. The highest BCUT2D eigenvalue weighted by molar-refractivity contribution is 6.26. The van der Waals surface area contributed by atoms with Gasteiger partial charge in [0.1, 0.15) is 11.6 Å². The molecule has 0 aliphatic heterocycles. The number of para-hydroxylation sites is 6. The van der Waals surface area contributed by atoms with Gasteiger partial charge >= 0.3 is 0 Å². The van der Waals surface area contributed by atoms with Gasteiger partial charge in [-0.2, -0.15) is 0 Å². The van der Waals surface area contributed by atoms with Gasteiger partial charge in [0.05, 0.1) is 44.6 Å². The molecule has 0 amide bonds. The number of aromatic nitrogens is 2. The van der Waals surface area contributed by atoms with Crippen LogP contribution in [0.25, 0.3) is 65.6 Å². The van der Waals surface area contributed by atoms with Crippen molar-refractivity contribution in [3.63, 3.8) is 0 Å². The molecule has 61 heavy (non-hydrogen) atoms. The molecule has 0 spiro atoms. The standard InChI is InChI=1S/C55H36F2N4/c1-35-27-28-38(58(36-15-4-2-5-16-36)49-25-12-9-22-46(49)56)31-51(35)60-48-24-11-8-19-40(48)44-33-54-45(34-53(44)60)43-21-14-20-42-41-30-29-39(32-52(41)61(54)55(42)43)59(37-17-6-3-7-18-37)50-26-13-10-23-47(50)57/h2-34H,1H3. The first-order valence-corrected chi connectivity index (χ1v) is 20.5. The van der Waals surface area contributed by atoms with Crippen molar-refractivity contribution in [3.8, 4) is 5.69 Å². The van der Waals surface area contributed by atoms with Crippen LogP contribution in [0.4, 0.5) is 42.9 Å². The molecule has 4 nitrogen and oxygen atoms in total. The van der Waals surface area contributed by atoms with E-state index in [1.54, 1.807) is 12.1 Å². The lowest BCUT2D eigenvalue weighted by Crippen LogP contribution is -2.12. The summed E-state index contributed by atoms with van der Waals surface area (Å²) in [7, 11) is 0. The van der Waals surface area contributed by atoms with Crippen LogP contribution in [-0.4, -0.2) is 8.97 Å². The lowest BCUT2D eigenvalue weighted by molar-refractivity contribution is 0.628. The Morgan fingerprint density at radius 3 is 1.52 bits per heavy atom. The Hall–Kier alpha value is -7.96. The van der Waals surface area contributed by atoms with E-state index in [1.807, 2.05) is 94.7 Å². The van der Waals surface area contributed by atoms with Crippen LogP contribution in [0.15, 0.2) is 200 Å². The van der Waals surface area contributed by atoms with E-state index in [9.17, 15) is 0 Å². The van der Waals surface area contributed by atoms with Crippen molar-refractivity contribution in [1.82, 2.24) is 8.97 Å². The SMILES string of the molecule is Cc1ccc(N(c2ccccc2)c2ccccc2F)cc1-n1c2ccccc2c2cc3c(cc21)c1cccc2c4ccc(N(c5ccccc5)c5ccccc5F)cc4n3c21. The number of aryl methyl sites for hydroxylation is 1. The van der Waals surface area contributed by atoms with E-state index >= 15 is 8.78 Å². The Morgan fingerprint density at radius 1 is 0.361 bits per heavy atom. The minimum Gasteiger partial charge on any atom is -0.309 e. The minimum atomic E-state index is -0.293. The number of benzene rings is 9. The van der Waals surface area contributed by atoms with E-state index < -0.39 is 0 Å². The predicted molar refractivity (Wildman–Crippen MR) is 249 cm³/mol. The number of nitrogens with zero attached hydrogens (tertiary/aromatic N) is 4. The minimum absolute atomic E-state index is 0.288. The first-order valence-electron chi connectivity index (χ1n) is 20.5. The first kappa shape index (κ1) is 35.0. The third-order valence-electron chi connectivity index (χ3n) is 12.3. The summed E-state index contributed by atoms with van der Waals surface area (Å²) in [6.45, 7) is 2.14. The maximum atomic E-state index is 15.7. The largest absolute Gasteiger partial charge is 0.309 e. The lowest BCUT2D eigenvalue weighted by atomic mass is 10.1. The molecule has 6 heteroatoms. The zero-order valence-electron chi connectivity index (χ0n) is 33.1. The van der Waals surface area contributed by atoms with E-state index in [2.05, 4.69) is 107 Å². The number of rotatable bonds is 7. The number of hydrogen-bond acceptors (Lipinski definition) is 2. The van der Waals surface area contributed by atoms with Crippen LogP contribution in [0.3, 0.4) is 0 Å². The molecule has 0 radical (unpaired) electrons. The fourth-order valence-corrected chi connectivity index (χ4v) is 9.58. The monoisotopic (exact) mass is 790 g/mol. The summed E-state index contributed by atoms with van der Waals surface area (Å²) in [4.78, 5) is 3.98. The fraction of sp³-hybridized carbons (Fsp3) is 0.0182. The molecule has 9 aromatic carbocycles. The zero-order valence-corrected chi connectivity index (χ0v) is 33.1. The van der Waals surface area contributed by atoms with Crippen LogP contribution in [0.5, 0.6) is 0 Å². The lowest BCUT2D eigenvalue weighted by Gasteiger charge is -2.27. The highest BCUT2D eigenvalue weighted by atomic mass is 19.1. The third kappa shape index (κ3) is 5.28. The summed E-state index contributed by atoms with van der Waals surface area (Å²) in [6, 6.07) is 66.5. The van der Waals surface area contributed by atoms with Crippen molar-refractivity contribution in [1.29, 1.82) is 0 Å². The Labute approximate surface area is 350 Å². The normalized spacial score (nSPS) is 11.9. The molecule has 12 aromatic rings. The second-order valence-corrected chi connectivity index (χ2v) is 15.7. The highest BCUT2D eigenvalue weighted by Crippen LogP contribution is 2.46. The molecule has 3 aromatic heterocycles. The van der Waals surface area contributed by atoms with Gasteiger partial charge in [0.25, 0.3) is 0 Å². The van der Waals surface area contributed by atoms with Crippen molar-refractivity contribution in [2.45, 2.75) is 6.92 Å². The van der Waals surface area contributed by atoms with Gasteiger partial charge in [-0.05, 0) is 103 Å². The van der Waals surface area contributed by atoms with Gasteiger partial charge in [-0.1, -0.05) is 109 Å². The quantitative estimate of drug-likeness (QED) is 0.160. The van der Waals surface area contributed by atoms with Gasteiger partial charge in [-0.25, -0.2) is 8.78 Å². The summed E-state index contributed by atoms with van der Waals surface area (Å²) in [5.41, 5.74) is 12.0. The summed E-state index contributed by atoms with van der Waals surface area (Å²) < 4.78 is 36.0. The Balaban J connectivity index is 1.11. The Bertz CT molecular complexity index is 3650. The van der Waals surface area contributed by atoms with Gasteiger partial charge < -0.3 is 18.8 Å². The Kier molecular flexibility index (Phi) is 7.78. The van der Waals surface area contributed by atoms with Crippen LogP contribution in [-0.2, 0) is 0 Å². The first-order chi connectivity index (χ1) is 30.0. The van der Waals surface area contributed by atoms with Crippen LogP contribution in [0, 0.1) is 18.6 Å². The molecule has 0 saturated heterocycles. The highest BCUT2D eigenvalue weighted by Gasteiger charge is 2.24. The van der Waals surface area contributed by atoms with Crippen LogP contribution in [0.1, 0.15) is 5.56 Å². The van der Waals surface area contributed by atoms with Crippen LogP contribution < -0.4 is 9.80 Å². The molecule has 290 valence electrons. The molecule has 0 fully saturated rings. The fourth-order valence-electron chi connectivity index (χ4n) is 9.58. The summed E-state index contributed by atoms with van der Waals surface area (Å²) >= 11 is 0. The molecule has 0 atom stereocenters. The average Bonchev–Trinajstić information content (AvgIpc) is 3.93. The second-order valence-electron chi connectivity index (χ2n) is 15.7. The number of fused-ring (bicyclic) bond motifs is 9. The smallest absolute Gasteiger partial charge is 0.147 e. The summed E-state index contributed by atoms with van der Waals surface area (Å²) in [5.74, 6) is -0.581. The molecular weight excluding hydrogens is 755 g/mol. The second kappa shape index (κ2) is 13.5. The van der Waals surface area contributed by atoms with Crippen LogP contribution in [0.2, 0.25) is 0 Å². The molecular formula is C55H36F2N4. The summed E-state index contributed by atoms with van der Waals surface area (Å²) in [6.07, 6.45) is 0. The van der Waals surface area contributed by atoms with Gasteiger partial charge in [-0.15, -0.1) is 0 Å². The number of halogens is 2. The maximum absolute atomic E-state index is 15.7. The zero-order chi connectivity index (χ0) is 40.8. The van der Waals surface area contributed by atoms with Crippen molar-refractivity contribution in [2.24, 2.45) is 0 Å². The van der Waals surface area contributed by atoms with Crippen molar-refractivity contribution in [3.05, 3.63) is 217 Å². The van der Waals surface area contributed by atoms with E-state index in [-0.39, 0.29) is 11.6 Å². The predicted octanol–water partition coefficient (Wildman–Crippen LogP) is 15.5. The molecule has 0 N–H and O–H groups in total. The molecule has 0 unspecified atom stereocenters. The number of hydrogen-bond donors (Lipinski definition) is 0. The van der Waals surface area contributed by atoms with Gasteiger partial charge in [-0.3, -0.25) is 0 Å². The van der Waals surface area contributed by atoms with Gasteiger partial charge in [0.15, 0.2) is 0 Å². The molecule has 3 heterocycles. The maximum Gasteiger partial charge on any atom is 0.147 e. The van der Waals surface area contributed by atoms with Crippen molar-refractivity contribution >= 4 is 94.0 Å². The summed E-state index contributed by atoms with van der Waals surface area (Å²) in [5, 5.41) is 6.88.